The Hall–Kier alpha value is -2.43. The highest BCUT2D eigenvalue weighted by atomic mass is 16.4. The number of amides is 1. The van der Waals surface area contributed by atoms with E-state index in [9.17, 15) is 4.79 Å². The van der Waals surface area contributed by atoms with Crippen LogP contribution >= 0.6 is 0 Å². The Kier molecular flexibility index (Phi) is 3.80. The average Bonchev–Trinajstić information content (AvgIpc) is 2.87. The van der Waals surface area contributed by atoms with Gasteiger partial charge in [-0.1, -0.05) is 31.6 Å². The molecule has 0 aliphatic heterocycles. The van der Waals surface area contributed by atoms with Crippen LogP contribution in [-0.2, 0) is 4.79 Å². The fraction of sp³-hybridized carbons (Fsp3) is 0.389. The maximum atomic E-state index is 12.6. The fourth-order valence-electron chi connectivity index (χ4n) is 3.10. The molecule has 0 unspecified atom stereocenters. The van der Waals surface area contributed by atoms with Crippen LogP contribution in [0, 0.1) is 17.3 Å². The van der Waals surface area contributed by atoms with Crippen LogP contribution in [0.15, 0.2) is 46.7 Å². The summed E-state index contributed by atoms with van der Waals surface area (Å²) in [5, 5.41) is 10.6. The molecule has 3 rings (SSSR count). The van der Waals surface area contributed by atoms with E-state index in [2.05, 4.69) is 49.3 Å². The molecule has 1 saturated carbocycles. The normalized spacial score (nSPS) is 21.6. The van der Waals surface area contributed by atoms with Crippen LogP contribution in [0.3, 0.4) is 0 Å². The predicted octanol–water partition coefficient (Wildman–Crippen LogP) is 3.91. The molecule has 0 bridgehead atoms. The van der Waals surface area contributed by atoms with Crippen molar-refractivity contribution in [1.82, 2.24) is 10.2 Å². The zero-order valence-corrected chi connectivity index (χ0v) is 13.8. The SMILES string of the molecule is CC(C)=C[C@H]1[C@H](C(=O)Nc2cccc(-c3nnco3)c2)C1(C)C. The van der Waals surface area contributed by atoms with Crippen LogP contribution < -0.4 is 5.32 Å². The minimum absolute atomic E-state index is 0.00413. The average molecular weight is 311 g/mol. The van der Waals surface area contributed by atoms with Crippen LogP contribution in [-0.4, -0.2) is 16.1 Å². The minimum Gasteiger partial charge on any atom is -0.423 e. The molecule has 0 saturated heterocycles. The van der Waals surface area contributed by atoms with Crippen molar-refractivity contribution in [3.63, 3.8) is 0 Å². The Balaban J connectivity index is 1.74. The van der Waals surface area contributed by atoms with Crippen molar-refractivity contribution in [3.8, 4) is 11.5 Å². The standard InChI is InChI=1S/C18H21N3O2/c1-11(2)8-14-15(18(14,3)4)16(22)20-13-7-5-6-12(9-13)17-21-19-10-23-17/h5-10,14-15H,1-4H3,(H,20,22)/t14-,15+/m0/s1. The second kappa shape index (κ2) is 5.65. The van der Waals surface area contributed by atoms with Gasteiger partial charge in [-0.3, -0.25) is 4.79 Å². The van der Waals surface area contributed by atoms with Crippen molar-refractivity contribution in [3.05, 3.63) is 42.3 Å². The lowest BCUT2D eigenvalue weighted by molar-refractivity contribution is -0.118. The van der Waals surface area contributed by atoms with Gasteiger partial charge in [0.2, 0.25) is 18.2 Å². The van der Waals surface area contributed by atoms with Crippen molar-refractivity contribution in [2.45, 2.75) is 27.7 Å². The summed E-state index contributed by atoms with van der Waals surface area (Å²) >= 11 is 0. The topological polar surface area (TPSA) is 68.0 Å². The molecule has 1 aromatic carbocycles. The summed E-state index contributed by atoms with van der Waals surface area (Å²) in [6.07, 6.45) is 3.48. The number of benzene rings is 1. The maximum Gasteiger partial charge on any atom is 0.247 e. The molecule has 0 radical (unpaired) electrons. The fourth-order valence-corrected chi connectivity index (χ4v) is 3.10. The quantitative estimate of drug-likeness (QED) is 0.869. The highest BCUT2D eigenvalue weighted by Gasteiger charge is 2.60. The first-order valence-corrected chi connectivity index (χ1v) is 7.72. The van der Waals surface area contributed by atoms with Crippen molar-refractivity contribution in [2.75, 3.05) is 5.32 Å². The van der Waals surface area contributed by atoms with E-state index in [0.717, 1.165) is 11.3 Å². The lowest BCUT2D eigenvalue weighted by Gasteiger charge is -2.07. The van der Waals surface area contributed by atoms with Gasteiger partial charge in [-0.15, -0.1) is 10.2 Å². The number of allylic oxidation sites excluding steroid dienone is 2. The van der Waals surface area contributed by atoms with Crippen LogP contribution in [0.5, 0.6) is 0 Å². The third-order valence-electron chi connectivity index (χ3n) is 4.44. The first-order valence-electron chi connectivity index (χ1n) is 7.72. The summed E-state index contributed by atoms with van der Waals surface area (Å²) in [6.45, 7) is 8.40. The first kappa shape index (κ1) is 15.5. The number of nitrogens with one attached hydrogen (secondary N) is 1. The van der Waals surface area contributed by atoms with Crippen molar-refractivity contribution < 1.29 is 9.21 Å². The van der Waals surface area contributed by atoms with E-state index in [1.165, 1.54) is 12.0 Å². The second-order valence-corrected chi connectivity index (χ2v) is 6.88. The van der Waals surface area contributed by atoms with Crippen molar-refractivity contribution in [2.24, 2.45) is 17.3 Å². The maximum absolute atomic E-state index is 12.6. The minimum atomic E-state index is 0.00413. The van der Waals surface area contributed by atoms with Crippen molar-refractivity contribution in [1.29, 1.82) is 0 Å². The first-order chi connectivity index (χ1) is 10.9. The van der Waals surface area contributed by atoms with Gasteiger partial charge in [0.25, 0.3) is 0 Å². The second-order valence-electron chi connectivity index (χ2n) is 6.88. The summed E-state index contributed by atoms with van der Waals surface area (Å²) in [4.78, 5) is 12.6. The molecular formula is C18H21N3O2. The molecule has 23 heavy (non-hydrogen) atoms. The smallest absolute Gasteiger partial charge is 0.247 e. The molecule has 1 aliphatic rings. The molecular weight excluding hydrogens is 290 g/mol. The molecule has 1 heterocycles. The Morgan fingerprint density at radius 2 is 2.13 bits per heavy atom. The molecule has 5 nitrogen and oxygen atoms in total. The van der Waals surface area contributed by atoms with Gasteiger partial charge in [0.1, 0.15) is 0 Å². The van der Waals surface area contributed by atoms with Gasteiger partial charge in [-0.2, -0.15) is 0 Å². The number of hydrogen-bond donors (Lipinski definition) is 1. The van der Waals surface area contributed by atoms with E-state index >= 15 is 0 Å². The highest BCUT2D eigenvalue weighted by molar-refractivity contribution is 5.96. The van der Waals surface area contributed by atoms with Crippen LogP contribution in [0.25, 0.3) is 11.5 Å². The Morgan fingerprint density at radius 3 is 2.78 bits per heavy atom. The van der Waals surface area contributed by atoms with Gasteiger partial charge in [-0.25, -0.2) is 0 Å². The Morgan fingerprint density at radius 1 is 1.35 bits per heavy atom. The number of carbonyl (C=O) groups is 1. The van der Waals surface area contributed by atoms with Crippen LogP contribution in [0.2, 0.25) is 0 Å². The highest BCUT2D eigenvalue weighted by Crippen LogP contribution is 2.59. The summed E-state index contributed by atoms with van der Waals surface area (Å²) in [5.41, 5.74) is 2.78. The molecule has 1 amide bonds. The number of anilines is 1. The van der Waals surface area contributed by atoms with E-state index in [-0.39, 0.29) is 17.2 Å². The molecule has 1 aliphatic carbocycles. The summed E-state index contributed by atoms with van der Waals surface area (Å²) < 4.78 is 5.19. The monoisotopic (exact) mass is 311 g/mol. The Labute approximate surface area is 135 Å². The number of hydrogen-bond acceptors (Lipinski definition) is 4. The molecule has 1 fully saturated rings. The molecule has 2 aromatic rings. The van der Waals surface area contributed by atoms with Crippen LogP contribution in [0.4, 0.5) is 5.69 Å². The molecule has 1 N–H and O–H groups in total. The van der Waals surface area contributed by atoms with Gasteiger partial charge in [0.05, 0.1) is 5.92 Å². The molecule has 0 spiro atoms. The van der Waals surface area contributed by atoms with Crippen LogP contribution in [0.1, 0.15) is 27.7 Å². The van der Waals surface area contributed by atoms with Gasteiger partial charge in [0.15, 0.2) is 0 Å². The van der Waals surface area contributed by atoms with E-state index in [1.807, 2.05) is 24.3 Å². The number of carbonyl (C=O) groups excluding carboxylic acids is 1. The molecule has 2 atom stereocenters. The van der Waals surface area contributed by atoms with E-state index in [1.54, 1.807) is 0 Å². The zero-order valence-electron chi connectivity index (χ0n) is 13.8. The van der Waals surface area contributed by atoms with E-state index in [4.69, 9.17) is 4.42 Å². The van der Waals surface area contributed by atoms with Crippen molar-refractivity contribution >= 4 is 11.6 Å². The molecule has 1 aromatic heterocycles. The molecule has 120 valence electrons. The van der Waals surface area contributed by atoms with E-state index in [0.29, 0.717) is 11.8 Å². The number of rotatable bonds is 4. The van der Waals surface area contributed by atoms with Gasteiger partial charge >= 0.3 is 0 Å². The number of aromatic nitrogens is 2. The third kappa shape index (κ3) is 3.04. The van der Waals surface area contributed by atoms with Gasteiger partial charge in [0, 0.05) is 11.3 Å². The lowest BCUT2D eigenvalue weighted by atomic mass is 10.1. The summed E-state index contributed by atoms with van der Waals surface area (Å²) in [7, 11) is 0. The summed E-state index contributed by atoms with van der Waals surface area (Å²) in [5.74, 6) is 0.798. The zero-order chi connectivity index (χ0) is 16.6. The van der Waals surface area contributed by atoms with Gasteiger partial charge < -0.3 is 9.73 Å². The van der Waals surface area contributed by atoms with E-state index < -0.39 is 0 Å². The van der Waals surface area contributed by atoms with Gasteiger partial charge in [-0.05, 0) is 43.4 Å². The number of nitrogens with zero attached hydrogens (tertiary/aromatic N) is 2. The largest absolute Gasteiger partial charge is 0.423 e. The molecule has 5 heteroatoms. The predicted molar refractivity (Wildman–Crippen MR) is 88.6 cm³/mol. The third-order valence-corrected chi connectivity index (χ3v) is 4.44. The Bertz CT molecular complexity index is 743. The summed E-state index contributed by atoms with van der Waals surface area (Å²) in [6, 6.07) is 7.44. The lowest BCUT2D eigenvalue weighted by Crippen LogP contribution is -2.16.